The van der Waals surface area contributed by atoms with Gasteiger partial charge in [-0.25, -0.2) is 13.8 Å². The van der Waals surface area contributed by atoms with E-state index in [0.29, 0.717) is 47.3 Å². The number of rotatable bonds is 7. The number of hydrogen-bond acceptors (Lipinski definition) is 7. The molecule has 44 heavy (non-hydrogen) atoms. The van der Waals surface area contributed by atoms with Crippen LogP contribution in [0.2, 0.25) is 5.02 Å². The number of imidazole rings is 1. The van der Waals surface area contributed by atoms with Crippen LogP contribution in [0.15, 0.2) is 53.7 Å². The number of nitrogens with zero attached hydrogens (tertiary/aromatic N) is 4. The molecule has 4 heterocycles. The Morgan fingerprint density at radius 2 is 1.91 bits per heavy atom. The number of nitrogens with two attached hydrogens (primary N) is 1. The first-order valence-electron chi connectivity index (χ1n) is 14.7. The summed E-state index contributed by atoms with van der Waals surface area (Å²) in [6, 6.07) is 13.2. The van der Waals surface area contributed by atoms with Crippen molar-refractivity contribution in [2.24, 2.45) is 10.9 Å². The van der Waals surface area contributed by atoms with Crippen molar-refractivity contribution in [2.75, 3.05) is 19.7 Å². The minimum absolute atomic E-state index is 0.00778. The van der Waals surface area contributed by atoms with Gasteiger partial charge < -0.3 is 29.7 Å². The molecule has 2 fully saturated rings. The fraction of sp³-hybridized carbons (Fsp3) is 0.375. The Hall–Kier alpha value is -3.93. The minimum atomic E-state index is -1.30. The lowest BCUT2D eigenvalue weighted by Crippen LogP contribution is -2.35. The monoisotopic (exact) mass is 623 g/mol. The molecule has 0 saturated carbocycles. The van der Waals surface area contributed by atoms with Crippen LogP contribution in [0.4, 0.5) is 8.78 Å². The summed E-state index contributed by atoms with van der Waals surface area (Å²) in [5, 5.41) is 12.4. The molecule has 3 aliphatic heterocycles. The molecule has 12 heteroatoms. The summed E-state index contributed by atoms with van der Waals surface area (Å²) in [5.41, 5.74) is 8.26. The number of benzene rings is 3. The van der Waals surface area contributed by atoms with Crippen LogP contribution in [0.25, 0.3) is 11.0 Å². The predicted octanol–water partition coefficient (Wildman–Crippen LogP) is 5.88. The minimum Gasteiger partial charge on any atom is -0.444 e. The van der Waals surface area contributed by atoms with Crippen LogP contribution in [-0.4, -0.2) is 51.3 Å². The summed E-state index contributed by atoms with van der Waals surface area (Å²) < 4.78 is 50.0. The zero-order valence-corrected chi connectivity index (χ0v) is 24.9. The Morgan fingerprint density at radius 1 is 1.11 bits per heavy atom. The SMILES string of the molecule is CC1(c2ccc(Cl)cc2F)Oc2cccc(C3CCN(Cc4nc5cc(C(N)=NO)c(F)cc5n4CC4CCO4)CC3)c2O1. The van der Waals surface area contributed by atoms with Crippen LogP contribution in [0.3, 0.4) is 0 Å². The lowest BCUT2D eigenvalue weighted by atomic mass is 9.88. The topological polar surface area (TPSA) is 107 Å². The molecule has 2 atom stereocenters. The van der Waals surface area contributed by atoms with E-state index in [-0.39, 0.29) is 29.0 Å². The smallest absolute Gasteiger partial charge is 0.278 e. The van der Waals surface area contributed by atoms with Gasteiger partial charge in [0.25, 0.3) is 5.79 Å². The van der Waals surface area contributed by atoms with E-state index in [1.165, 1.54) is 18.2 Å². The molecular formula is C32H32ClF2N5O4. The third-order valence-corrected chi connectivity index (χ3v) is 9.14. The number of hydrogen-bond donors (Lipinski definition) is 2. The number of likely N-dealkylation sites (tertiary alicyclic amines) is 1. The molecule has 7 rings (SSSR count). The number of fused-ring (bicyclic) bond motifs is 2. The quantitative estimate of drug-likeness (QED) is 0.115. The molecule has 230 valence electrons. The van der Waals surface area contributed by atoms with Crippen molar-refractivity contribution in [1.82, 2.24) is 14.5 Å². The van der Waals surface area contributed by atoms with Crippen LogP contribution in [0.1, 0.15) is 54.6 Å². The van der Waals surface area contributed by atoms with E-state index in [0.717, 1.165) is 43.7 Å². The standard InChI is InChI=1S/C32H32ClF2N5O4/c1-32(23-6-5-19(33)13-25(23)35)43-28-4-2-3-21(30(28)44-32)18-7-10-39(11-8-18)17-29-37-26-14-22(31(36)38-41)24(34)15-27(26)40(29)16-20-9-12-42-20/h2-6,13-15,18,20,41H,7-12,16-17H2,1H3,(H2,36,38). The van der Waals surface area contributed by atoms with Gasteiger partial charge >= 0.3 is 0 Å². The van der Waals surface area contributed by atoms with Crippen molar-refractivity contribution in [3.05, 3.63) is 87.7 Å². The Balaban J connectivity index is 1.09. The number of ether oxygens (including phenoxy) is 3. The van der Waals surface area contributed by atoms with Gasteiger partial charge in [-0.3, -0.25) is 4.90 Å². The first-order chi connectivity index (χ1) is 21.2. The highest BCUT2D eigenvalue weighted by atomic mass is 35.5. The Labute approximate surface area is 257 Å². The molecule has 2 unspecified atom stereocenters. The third-order valence-electron chi connectivity index (χ3n) is 8.90. The molecule has 3 aromatic carbocycles. The summed E-state index contributed by atoms with van der Waals surface area (Å²) in [6.07, 6.45) is 2.74. The van der Waals surface area contributed by atoms with E-state index in [1.54, 1.807) is 19.1 Å². The molecule has 3 aliphatic rings. The summed E-state index contributed by atoms with van der Waals surface area (Å²) >= 11 is 5.97. The molecule has 9 nitrogen and oxygen atoms in total. The summed E-state index contributed by atoms with van der Waals surface area (Å²) in [7, 11) is 0. The summed E-state index contributed by atoms with van der Waals surface area (Å²) in [6.45, 7) is 5.20. The fourth-order valence-corrected chi connectivity index (χ4v) is 6.60. The highest BCUT2D eigenvalue weighted by Crippen LogP contribution is 2.50. The van der Waals surface area contributed by atoms with Crippen molar-refractivity contribution in [3.63, 3.8) is 0 Å². The average molecular weight is 624 g/mol. The second kappa shape index (κ2) is 11.2. The van der Waals surface area contributed by atoms with Crippen LogP contribution >= 0.6 is 11.6 Å². The van der Waals surface area contributed by atoms with Gasteiger partial charge in [0.1, 0.15) is 17.5 Å². The fourth-order valence-electron chi connectivity index (χ4n) is 6.44. The van der Waals surface area contributed by atoms with Gasteiger partial charge in [-0.05, 0) is 68.6 Å². The molecule has 2 saturated heterocycles. The van der Waals surface area contributed by atoms with Crippen molar-refractivity contribution in [2.45, 2.75) is 57.1 Å². The third kappa shape index (κ3) is 5.12. The second-order valence-corrected chi connectivity index (χ2v) is 12.2. The van der Waals surface area contributed by atoms with Crippen LogP contribution in [0, 0.1) is 11.6 Å². The first-order valence-corrected chi connectivity index (χ1v) is 15.1. The van der Waals surface area contributed by atoms with Gasteiger partial charge in [0.15, 0.2) is 17.3 Å². The Bertz CT molecular complexity index is 1770. The van der Waals surface area contributed by atoms with Gasteiger partial charge in [-0.15, -0.1) is 0 Å². The molecular weight excluding hydrogens is 592 g/mol. The molecule has 4 aromatic rings. The number of para-hydroxylation sites is 1. The number of halogens is 3. The van der Waals surface area contributed by atoms with Crippen LogP contribution < -0.4 is 15.2 Å². The van der Waals surface area contributed by atoms with Gasteiger partial charge in [-0.1, -0.05) is 28.9 Å². The van der Waals surface area contributed by atoms with E-state index in [4.69, 9.17) is 41.7 Å². The molecule has 1 aromatic heterocycles. The van der Waals surface area contributed by atoms with Crippen molar-refractivity contribution >= 4 is 28.5 Å². The van der Waals surface area contributed by atoms with E-state index in [2.05, 4.69) is 16.1 Å². The summed E-state index contributed by atoms with van der Waals surface area (Å²) in [4.78, 5) is 7.19. The van der Waals surface area contributed by atoms with Gasteiger partial charge in [-0.2, -0.15) is 0 Å². The first kappa shape index (κ1) is 28.8. The lowest BCUT2D eigenvalue weighted by Gasteiger charge is -2.33. The van der Waals surface area contributed by atoms with Gasteiger partial charge in [0, 0.05) is 30.2 Å². The average Bonchev–Trinajstić information content (AvgIpc) is 3.50. The normalized spacial score (nSPS) is 22.5. The molecule has 0 aliphatic carbocycles. The number of oxime groups is 1. The molecule has 0 amide bonds. The van der Waals surface area contributed by atoms with Crippen molar-refractivity contribution in [1.29, 1.82) is 0 Å². The molecule has 0 spiro atoms. The van der Waals surface area contributed by atoms with Crippen LogP contribution in [-0.2, 0) is 23.6 Å². The molecule has 0 bridgehead atoms. The lowest BCUT2D eigenvalue weighted by molar-refractivity contribution is -0.0712. The maximum Gasteiger partial charge on any atom is 0.278 e. The largest absolute Gasteiger partial charge is 0.444 e. The van der Waals surface area contributed by atoms with E-state index in [1.807, 2.05) is 16.7 Å². The zero-order valence-electron chi connectivity index (χ0n) is 24.1. The van der Waals surface area contributed by atoms with E-state index < -0.39 is 17.4 Å². The Kier molecular flexibility index (Phi) is 7.34. The van der Waals surface area contributed by atoms with Gasteiger partial charge in [0.2, 0.25) is 0 Å². The van der Waals surface area contributed by atoms with E-state index >= 15 is 0 Å². The predicted molar refractivity (Wildman–Crippen MR) is 160 cm³/mol. The molecule has 0 radical (unpaired) electrons. The number of amidine groups is 1. The highest BCUT2D eigenvalue weighted by Gasteiger charge is 2.43. The second-order valence-electron chi connectivity index (χ2n) is 11.7. The van der Waals surface area contributed by atoms with Gasteiger partial charge in [0.05, 0.1) is 41.4 Å². The maximum atomic E-state index is 14.9. The summed E-state index contributed by atoms with van der Waals surface area (Å²) in [5.74, 6) is -0.394. The number of aromatic nitrogens is 2. The van der Waals surface area contributed by atoms with Crippen molar-refractivity contribution < 1.29 is 28.2 Å². The molecule has 3 N–H and O–H groups in total. The van der Waals surface area contributed by atoms with E-state index in [9.17, 15) is 8.78 Å². The number of piperidine rings is 1. The highest BCUT2D eigenvalue weighted by molar-refractivity contribution is 6.30. The van der Waals surface area contributed by atoms with Crippen LogP contribution in [0.5, 0.6) is 11.5 Å². The zero-order chi connectivity index (χ0) is 30.6. The maximum absolute atomic E-state index is 14.9. The Morgan fingerprint density at radius 3 is 2.61 bits per heavy atom. The van der Waals surface area contributed by atoms with Crippen molar-refractivity contribution in [3.8, 4) is 11.5 Å².